The summed E-state index contributed by atoms with van der Waals surface area (Å²) < 4.78 is 42.2. The zero-order valence-electron chi connectivity index (χ0n) is 13.4. The zero-order chi connectivity index (χ0) is 19.3. The number of nitro groups is 1. The molecule has 0 radical (unpaired) electrons. The molecule has 0 bridgehead atoms. The number of carbonyl (C=O) groups is 1. The molecule has 0 spiro atoms. The first-order valence-corrected chi connectivity index (χ1v) is 8.66. The number of nitrogens with zero attached hydrogens (tertiary/aromatic N) is 1. The molecular formula is C15H14FN3O6S. The van der Waals surface area contributed by atoms with Gasteiger partial charge in [-0.3, -0.25) is 20.3 Å². The van der Waals surface area contributed by atoms with Crippen molar-refractivity contribution in [2.45, 2.75) is 17.9 Å². The molecule has 0 aliphatic rings. The van der Waals surface area contributed by atoms with E-state index in [1.165, 1.54) is 19.1 Å². The van der Waals surface area contributed by atoms with Crippen molar-refractivity contribution in [1.82, 2.24) is 10.3 Å². The van der Waals surface area contributed by atoms with Gasteiger partial charge in [0.2, 0.25) is 0 Å². The first-order valence-electron chi connectivity index (χ1n) is 7.17. The molecule has 11 heteroatoms. The maximum absolute atomic E-state index is 12.8. The molecule has 0 unspecified atom stereocenters. The number of sulfonamides is 1. The standard InChI is InChI=1S/C15H14FN3O6S/c1-10(25-13-6-2-11(16)3-7-13)15(20)17-18-26(23,24)14-8-4-12(5-9-14)19(21)22/h2-10,18H,1H3,(H,17,20)/t10-/m0/s1. The maximum Gasteiger partial charge on any atom is 0.275 e. The van der Waals surface area contributed by atoms with Crippen LogP contribution in [0, 0.1) is 15.9 Å². The second-order valence-corrected chi connectivity index (χ2v) is 6.74. The quantitative estimate of drug-likeness (QED) is 0.551. The Balaban J connectivity index is 1.96. The summed E-state index contributed by atoms with van der Waals surface area (Å²) in [6, 6.07) is 9.05. The average Bonchev–Trinajstić information content (AvgIpc) is 2.61. The van der Waals surface area contributed by atoms with Crippen LogP contribution >= 0.6 is 0 Å². The lowest BCUT2D eigenvalue weighted by molar-refractivity contribution is -0.384. The van der Waals surface area contributed by atoms with Crippen molar-refractivity contribution in [3.8, 4) is 5.75 Å². The maximum atomic E-state index is 12.8. The zero-order valence-corrected chi connectivity index (χ0v) is 14.2. The normalized spacial score (nSPS) is 12.2. The Bertz CT molecular complexity index is 900. The van der Waals surface area contributed by atoms with Crippen molar-refractivity contribution in [1.29, 1.82) is 0 Å². The Labute approximate surface area is 148 Å². The molecule has 0 saturated heterocycles. The van der Waals surface area contributed by atoms with Gasteiger partial charge in [-0.15, -0.1) is 4.83 Å². The van der Waals surface area contributed by atoms with Gasteiger partial charge < -0.3 is 4.74 Å². The summed E-state index contributed by atoms with van der Waals surface area (Å²) in [5.41, 5.74) is 1.71. The highest BCUT2D eigenvalue weighted by molar-refractivity contribution is 7.89. The SMILES string of the molecule is C[C@H](Oc1ccc(F)cc1)C(=O)NNS(=O)(=O)c1ccc([N+](=O)[O-])cc1. The van der Waals surface area contributed by atoms with Crippen LogP contribution < -0.4 is 15.0 Å². The smallest absolute Gasteiger partial charge is 0.275 e. The number of hydrogen-bond donors (Lipinski definition) is 2. The molecule has 1 amide bonds. The van der Waals surface area contributed by atoms with E-state index in [2.05, 4.69) is 0 Å². The monoisotopic (exact) mass is 383 g/mol. The minimum Gasteiger partial charge on any atom is -0.481 e. The largest absolute Gasteiger partial charge is 0.481 e. The van der Waals surface area contributed by atoms with Crippen LogP contribution in [0.15, 0.2) is 53.4 Å². The first kappa shape index (κ1) is 19.3. The number of non-ortho nitro benzene ring substituents is 1. The van der Waals surface area contributed by atoms with Crippen LogP contribution in [0.1, 0.15) is 6.92 Å². The van der Waals surface area contributed by atoms with Crippen LogP contribution in [0.25, 0.3) is 0 Å². The molecule has 2 aromatic rings. The van der Waals surface area contributed by atoms with Gasteiger partial charge in [0, 0.05) is 12.1 Å². The molecule has 0 fully saturated rings. The van der Waals surface area contributed by atoms with Gasteiger partial charge in [0.25, 0.3) is 21.6 Å². The van der Waals surface area contributed by atoms with E-state index in [0.717, 1.165) is 36.4 Å². The summed E-state index contributed by atoms with van der Waals surface area (Å²) in [6.45, 7) is 1.37. The van der Waals surface area contributed by atoms with Gasteiger partial charge >= 0.3 is 0 Å². The molecule has 9 nitrogen and oxygen atoms in total. The van der Waals surface area contributed by atoms with E-state index in [9.17, 15) is 27.7 Å². The van der Waals surface area contributed by atoms with Crippen LogP contribution in [-0.4, -0.2) is 25.4 Å². The Kier molecular flexibility index (Phi) is 5.85. The lowest BCUT2D eigenvalue weighted by Crippen LogP contribution is -2.47. The number of hydrazine groups is 1. The van der Waals surface area contributed by atoms with E-state index in [1.54, 1.807) is 0 Å². The summed E-state index contributed by atoms with van der Waals surface area (Å²) in [5.74, 6) is -1.03. The minimum atomic E-state index is -4.12. The Morgan fingerprint density at radius 3 is 2.27 bits per heavy atom. The number of rotatable bonds is 7. The molecule has 0 saturated carbocycles. The molecule has 0 aliphatic heterocycles. The van der Waals surface area contributed by atoms with E-state index in [1.807, 2.05) is 10.3 Å². The van der Waals surface area contributed by atoms with Gasteiger partial charge in [-0.1, -0.05) is 0 Å². The van der Waals surface area contributed by atoms with E-state index in [0.29, 0.717) is 0 Å². The van der Waals surface area contributed by atoms with Gasteiger partial charge in [-0.05, 0) is 43.3 Å². The van der Waals surface area contributed by atoms with Gasteiger partial charge in [0.1, 0.15) is 11.6 Å². The molecule has 0 heterocycles. The third-order valence-electron chi connectivity index (χ3n) is 3.16. The van der Waals surface area contributed by atoms with Gasteiger partial charge in [0.15, 0.2) is 6.10 Å². The molecule has 26 heavy (non-hydrogen) atoms. The molecule has 1 atom stereocenters. The van der Waals surface area contributed by atoms with Crippen molar-refractivity contribution in [3.63, 3.8) is 0 Å². The van der Waals surface area contributed by atoms with E-state index in [-0.39, 0.29) is 16.3 Å². The van der Waals surface area contributed by atoms with Crippen LogP contribution in [-0.2, 0) is 14.8 Å². The molecular weight excluding hydrogens is 369 g/mol. The van der Waals surface area contributed by atoms with E-state index < -0.39 is 32.8 Å². The Hall–Kier alpha value is -3.05. The summed E-state index contributed by atoms with van der Waals surface area (Å²) in [4.78, 5) is 23.4. The van der Waals surface area contributed by atoms with Crippen LogP contribution in [0.5, 0.6) is 5.75 Å². The second kappa shape index (κ2) is 7.89. The van der Waals surface area contributed by atoms with Gasteiger partial charge in [0.05, 0.1) is 9.82 Å². The van der Waals surface area contributed by atoms with Gasteiger partial charge in [-0.25, -0.2) is 12.8 Å². The van der Waals surface area contributed by atoms with E-state index >= 15 is 0 Å². The number of amides is 1. The molecule has 0 aliphatic carbocycles. The number of nitrogens with one attached hydrogen (secondary N) is 2. The average molecular weight is 383 g/mol. The molecule has 2 rings (SSSR count). The molecule has 0 aromatic heterocycles. The third kappa shape index (κ3) is 4.97. The predicted octanol–water partition coefficient (Wildman–Crippen LogP) is 1.51. The second-order valence-electron chi connectivity index (χ2n) is 5.06. The number of carbonyl (C=O) groups excluding carboxylic acids is 1. The lowest BCUT2D eigenvalue weighted by Gasteiger charge is -2.15. The van der Waals surface area contributed by atoms with Crippen molar-refractivity contribution in [2.75, 3.05) is 0 Å². The van der Waals surface area contributed by atoms with Gasteiger partial charge in [-0.2, -0.15) is 0 Å². The molecule has 2 aromatic carbocycles. The van der Waals surface area contributed by atoms with Crippen LogP contribution in [0.4, 0.5) is 10.1 Å². The first-order chi connectivity index (χ1) is 12.2. The van der Waals surface area contributed by atoms with Crippen molar-refractivity contribution < 1.29 is 27.3 Å². The van der Waals surface area contributed by atoms with Crippen LogP contribution in [0.2, 0.25) is 0 Å². The number of halogens is 1. The number of ether oxygens (including phenoxy) is 1. The Morgan fingerprint density at radius 1 is 1.15 bits per heavy atom. The molecule has 138 valence electrons. The van der Waals surface area contributed by atoms with Crippen molar-refractivity contribution in [3.05, 3.63) is 64.5 Å². The number of hydrogen-bond acceptors (Lipinski definition) is 6. The summed E-state index contributed by atoms with van der Waals surface area (Å²) in [7, 11) is -4.12. The van der Waals surface area contributed by atoms with Crippen molar-refractivity contribution >= 4 is 21.6 Å². The predicted molar refractivity (Wildman–Crippen MR) is 88.1 cm³/mol. The summed E-state index contributed by atoms with van der Waals surface area (Å²) >= 11 is 0. The lowest BCUT2D eigenvalue weighted by atomic mass is 10.3. The highest BCUT2D eigenvalue weighted by Crippen LogP contribution is 2.15. The topological polar surface area (TPSA) is 128 Å². The summed E-state index contributed by atoms with van der Waals surface area (Å²) in [6.07, 6.45) is -1.07. The number of nitro benzene ring substituents is 1. The van der Waals surface area contributed by atoms with Crippen LogP contribution in [0.3, 0.4) is 0 Å². The highest BCUT2D eigenvalue weighted by Gasteiger charge is 2.20. The van der Waals surface area contributed by atoms with Crippen molar-refractivity contribution in [2.24, 2.45) is 0 Å². The fraction of sp³-hybridized carbons (Fsp3) is 0.133. The van der Waals surface area contributed by atoms with E-state index in [4.69, 9.17) is 4.74 Å². The highest BCUT2D eigenvalue weighted by atomic mass is 32.2. The fourth-order valence-corrected chi connectivity index (χ4v) is 2.64. The molecule has 2 N–H and O–H groups in total. The Morgan fingerprint density at radius 2 is 1.73 bits per heavy atom. The third-order valence-corrected chi connectivity index (χ3v) is 4.43. The number of benzene rings is 2. The summed E-state index contributed by atoms with van der Waals surface area (Å²) in [5, 5.41) is 10.6. The fourth-order valence-electron chi connectivity index (χ4n) is 1.80. The minimum absolute atomic E-state index is 0.229.